The molecule has 0 aliphatic carbocycles. The molecule has 1 fully saturated rings. The summed E-state index contributed by atoms with van der Waals surface area (Å²) in [6.07, 6.45) is 3.68. The Labute approximate surface area is 154 Å². The van der Waals surface area contributed by atoms with Gasteiger partial charge in [-0.1, -0.05) is 39.0 Å². The van der Waals surface area contributed by atoms with Gasteiger partial charge in [-0.05, 0) is 34.7 Å². The maximum Gasteiger partial charge on any atom is 0.229 e. The maximum absolute atomic E-state index is 12.7. The fourth-order valence-corrected chi connectivity index (χ4v) is 3.29. The van der Waals surface area contributed by atoms with E-state index in [2.05, 4.69) is 31.1 Å². The third kappa shape index (κ3) is 4.10. The van der Waals surface area contributed by atoms with Crippen molar-refractivity contribution in [3.63, 3.8) is 0 Å². The number of anilines is 1. The van der Waals surface area contributed by atoms with E-state index >= 15 is 0 Å². The highest BCUT2D eigenvalue weighted by molar-refractivity contribution is 5.97. The van der Waals surface area contributed by atoms with Crippen LogP contribution in [0.1, 0.15) is 38.3 Å². The Morgan fingerprint density at radius 2 is 1.88 bits per heavy atom. The fourth-order valence-electron chi connectivity index (χ4n) is 3.29. The van der Waals surface area contributed by atoms with E-state index in [1.807, 2.05) is 36.4 Å². The van der Waals surface area contributed by atoms with E-state index in [4.69, 9.17) is 0 Å². The molecule has 2 heterocycles. The van der Waals surface area contributed by atoms with Crippen molar-refractivity contribution in [2.75, 3.05) is 11.9 Å². The summed E-state index contributed by atoms with van der Waals surface area (Å²) in [4.78, 5) is 30.8. The normalized spacial score (nSPS) is 17.4. The number of aromatic nitrogens is 1. The minimum atomic E-state index is -0.322. The molecule has 1 saturated heterocycles. The molecule has 2 aromatic rings. The van der Waals surface area contributed by atoms with Gasteiger partial charge in [-0.15, -0.1) is 0 Å². The molecule has 1 unspecified atom stereocenters. The number of para-hydroxylation sites is 1. The molecule has 3 rings (SSSR count). The van der Waals surface area contributed by atoms with E-state index in [-0.39, 0.29) is 29.6 Å². The van der Waals surface area contributed by atoms with Crippen LogP contribution in [0.15, 0.2) is 48.8 Å². The molecule has 0 bridgehead atoms. The van der Waals surface area contributed by atoms with Gasteiger partial charge in [-0.2, -0.15) is 0 Å². The predicted molar refractivity (Wildman–Crippen MR) is 102 cm³/mol. The van der Waals surface area contributed by atoms with Crippen molar-refractivity contribution in [2.24, 2.45) is 5.92 Å². The zero-order chi connectivity index (χ0) is 18.7. The lowest BCUT2D eigenvalue weighted by Gasteiger charge is -2.23. The van der Waals surface area contributed by atoms with Gasteiger partial charge in [0.15, 0.2) is 0 Å². The third-order valence-corrected chi connectivity index (χ3v) is 4.70. The van der Waals surface area contributed by atoms with E-state index < -0.39 is 0 Å². The first-order chi connectivity index (χ1) is 12.3. The van der Waals surface area contributed by atoms with Gasteiger partial charge in [0, 0.05) is 37.6 Å². The summed E-state index contributed by atoms with van der Waals surface area (Å²) in [5.74, 6) is -0.393. The molecule has 5 heteroatoms. The summed E-state index contributed by atoms with van der Waals surface area (Å²) in [6.45, 7) is 7.32. The second-order valence-corrected chi connectivity index (χ2v) is 7.82. The lowest BCUT2D eigenvalue weighted by molar-refractivity contribution is -0.128. The lowest BCUT2D eigenvalue weighted by atomic mass is 9.85. The Balaban J connectivity index is 1.68. The SMILES string of the molecule is CC(C)(C)c1ccccc1NC(=O)C1CC(=O)N(Cc2ccncc2)C1. The van der Waals surface area contributed by atoms with Gasteiger partial charge in [0.05, 0.1) is 5.92 Å². The van der Waals surface area contributed by atoms with Crippen molar-refractivity contribution < 1.29 is 9.59 Å². The molecule has 1 aromatic carbocycles. The van der Waals surface area contributed by atoms with Crippen LogP contribution in [-0.4, -0.2) is 28.2 Å². The van der Waals surface area contributed by atoms with Crippen molar-refractivity contribution in [1.29, 1.82) is 0 Å². The first-order valence-electron chi connectivity index (χ1n) is 8.91. The Kier molecular flexibility index (Phi) is 5.07. The molecule has 1 N–H and O–H groups in total. The fraction of sp³-hybridized carbons (Fsp3) is 0.381. The topological polar surface area (TPSA) is 62.3 Å². The Hall–Kier alpha value is -2.69. The number of pyridine rings is 1. The number of nitrogens with one attached hydrogen (secondary N) is 1. The third-order valence-electron chi connectivity index (χ3n) is 4.70. The van der Waals surface area contributed by atoms with Crippen molar-refractivity contribution >= 4 is 17.5 Å². The van der Waals surface area contributed by atoms with Crippen LogP contribution in [0.5, 0.6) is 0 Å². The molecule has 5 nitrogen and oxygen atoms in total. The number of hydrogen-bond donors (Lipinski definition) is 1. The maximum atomic E-state index is 12.7. The first-order valence-corrected chi connectivity index (χ1v) is 8.91. The number of likely N-dealkylation sites (tertiary alicyclic amines) is 1. The summed E-state index contributed by atoms with van der Waals surface area (Å²) >= 11 is 0. The number of rotatable bonds is 4. The van der Waals surface area contributed by atoms with Gasteiger partial charge in [0.2, 0.25) is 11.8 Å². The van der Waals surface area contributed by atoms with E-state index in [1.54, 1.807) is 17.3 Å². The smallest absolute Gasteiger partial charge is 0.229 e. The summed E-state index contributed by atoms with van der Waals surface area (Å²) in [5.41, 5.74) is 2.87. The lowest BCUT2D eigenvalue weighted by Crippen LogP contribution is -2.28. The van der Waals surface area contributed by atoms with Crippen molar-refractivity contribution in [3.8, 4) is 0 Å². The van der Waals surface area contributed by atoms with Crippen LogP contribution in [0.25, 0.3) is 0 Å². The van der Waals surface area contributed by atoms with Gasteiger partial charge in [0.25, 0.3) is 0 Å². The Bertz CT molecular complexity index is 796. The molecule has 1 aromatic heterocycles. The van der Waals surface area contributed by atoms with Crippen molar-refractivity contribution in [3.05, 3.63) is 59.9 Å². The standard InChI is InChI=1S/C21H25N3O2/c1-21(2,3)17-6-4-5-7-18(17)23-20(26)16-12-19(25)24(14-16)13-15-8-10-22-11-9-15/h4-11,16H,12-14H2,1-3H3,(H,23,26). The highest BCUT2D eigenvalue weighted by Gasteiger charge is 2.34. The number of carbonyl (C=O) groups excluding carboxylic acids is 2. The van der Waals surface area contributed by atoms with Crippen molar-refractivity contribution in [2.45, 2.75) is 39.2 Å². The number of amides is 2. The van der Waals surface area contributed by atoms with E-state index in [9.17, 15) is 9.59 Å². The summed E-state index contributed by atoms with van der Waals surface area (Å²) < 4.78 is 0. The quantitative estimate of drug-likeness (QED) is 0.919. The molecule has 0 spiro atoms. The Morgan fingerprint density at radius 1 is 1.19 bits per heavy atom. The van der Waals surface area contributed by atoms with E-state index in [1.165, 1.54) is 0 Å². The van der Waals surface area contributed by atoms with E-state index in [0.29, 0.717) is 13.1 Å². The van der Waals surface area contributed by atoms with Gasteiger partial charge in [-0.3, -0.25) is 14.6 Å². The molecule has 0 saturated carbocycles. The molecular weight excluding hydrogens is 326 g/mol. The molecule has 1 atom stereocenters. The molecule has 1 aliphatic rings. The van der Waals surface area contributed by atoms with Crippen LogP contribution >= 0.6 is 0 Å². The summed E-state index contributed by atoms with van der Waals surface area (Å²) in [7, 11) is 0. The second kappa shape index (κ2) is 7.28. The molecule has 136 valence electrons. The minimum Gasteiger partial charge on any atom is -0.338 e. The zero-order valence-electron chi connectivity index (χ0n) is 15.5. The van der Waals surface area contributed by atoms with Crippen LogP contribution in [0.3, 0.4) is 0 Å². The summed E-state index contributed by atoms with van der Waals surface area (Å²) in [6, 6.07) is 11.6. The summed E-state index contributed by atoms with van der Waals surface area (Å²) in [5, 5.41) is 3.04. The number of hydrogen-bond acceptors (Lipinski definition) is 3. The van der Waals surface area contributed by atoms with Crippen LogP contribution < -0.4 is 5.32 Å². The zero-order valence-corrected chi connectivity index (χ0v) is 15.5. The number of benzene rings is 1. The van der Waals surface area contributed by atoms with Crippen LogP contribution in [0.4, 0.5) is 5.69 Å². The molecule has 26 heavy (non-hydrogen) atoms. The minimum absolute atomic E-state index is 0.0195. The monoisotopic (exact) mass is 351 g/mol. The highest BCUT2D eigenvalue weighted by Crippen LogP contribution is 2.30. The second-order valence-electron chi connectivity index (χ2n) is 7.82. The average molecular weight is 351 g/mol. The first kappa shape index (κ1) is 18.1. The molecule has 1 aliphatic heterocycles. The van der Waals surface area contributed by atoms with Gasteiger partial charge in [0.1, 0.15) is 0 Å². The van der Waals surface area contributed by atoms with Crippen LogP contribution in [-0.2, 0) is 21.5 Å². The predicted octanol–water partition coefficient (Wildman–Crippen LogP) is 3.37. The van der Waals surface area contributed by atoms with Crippen molar-refractivity contribution in [1.82, 2.24) is 9.88 Å². The average Bonchev–Trinajstić information content (AvgIpc) is 2.96. The Morgan fingerprint density at radius 3 is 2.58 bits per heavy atom. The molecule has 0 radical (unpaired) electrons. The number of carbonyl (C=O) groups is 2. The van der Waals surface area contributed by atoms with Gasteiger partial charge in [-0.25, -0.2) is 0 Å². The number of nitrogens with zero attached hydrogens (tertiary/aromatic N) is 2. The van der Waals surface area contributed by atoms with Crippen LogP contribution in [0, 0.1) is 5.92 Å². The largest absolute Gasteiger partial charge is 0.338 e. The van der Waals surface area contributed by atoms with Gasteiger partial charge < -0.3 is 10.2 Å². The van der Waals surface area contributed by atoms with Crippen LogP contribution in [0.2, 0.25) is 0 Å². The molecule has 2 amide bonds. The van der Waals surface area contributed by atoms with E-state index in [0.717, 1.165) is 16.8 Å². The highest BCUT2D eigenvalue weighted by atomic mass is 16.2. The van der Waals surface area contributed by atoms with Gasteiger partial charge >= 0.3 is 0 Å². The molecular formula is C21H25N3O2.